The second kappa shape index (κ2) is 9.74. The first kappa shape index (κ1) is 23.6. The van der Waals surface area contributed by atoms with E-state index in [9.17, 15) is 8.42 Å². The maximum atomic E-state index is 13.4. The maximum Gasteiger partial charge on any atom is 0.243 e. The van der Waals surface area contributed by atoms with Gasteiger partial charge >= 0.3 is 0 Å². The van der Waals surface area contributed by atoms with E-state index in [0.717, 1.165) is 49.6 Å². The molecule has 0 bridgehead atoms. The number of nitrogens with zero attached hydrogens (tertiary/aromatic N) is 4. The summed E-state index contributed by atoms with van der Waals surface area (Å²) in [6.07, 6.45) is 3.70. The monoisotopic (exact) mass is 474 g/mol. The molecule has 33 heavy (non-hydrogen) atoms. The van der Waals surface area contributed by atoms with E-state index in [2.05, 4.69) is 34.5 Å². The normalized spacial score (nSPS) is 19.6. The molecule has 0 atom stereocenters. The summed E-state index contributed by atoms with van der Waals surface area (Å²) in [5.74, 6) is 1.18. The highest BCUT2D eigenvalue weighted by Gasteiger charge is 2.31. The molecule has 1 saturated heterocycles. The van der Waals surface area contributed by atoms with E-state index < -0.39 is 10.0 Å². The average Bonchev–Trinajstić information content (AvgIpc) is 3.14. The summed E-state index contributed by atoms with van der Waals surface area (Å²) in [5.41, 5.74) is 7.02. The lowest BCUT2D eigenvalue weighted by Gasteiger charge is -2.33. The van der Waals surface area contributed by atoms with Gasteiger partial charge in [0.1, 0.15) is 17.3 Å². The number of likely N-dealkylation sites (N-methyl/N-ethyl adjacent to an activating group) is 2. The van der Waals surface area contributed by atoms with Crippen molar-refractivity contribution >= 4 is 15.9 Å². The van der Waals surface area contributed by atoms with Crippen molar-refractivity contribution < 1.29 is 13.2 Å². The van der Waals surface area contributed by atoms with Gasteiger partial charge in [0.2, 0.25) is 10.0 Å². The summed E-state index contributed by atoms with van der Waals surface area (Å²) in [7, 11) is -1.66. The first-order chi connectivity index (χ1) is 15.9. The van der Waals surface area contributed by atoms with Crippen molar-refractivity contribution in [1.29, 1.82) is 0 Å². The Bertz CT molecular complexity index is 1090. The van der Waals surface area contributed by atoms with Crippen molar-refractivity contribution in [3.63, 3.8) is 0 Å². The highest BCUT2D eigenvalue weighted by molar-refractivity contribution is 7.89. The zero-order chi connectivity index (χ0) is 23.6. The van der Waals surface area contributed by atoms with Gasteiger partial charge in [-0.2, -0.15) is 4.31 Å². The standard InChI is InChI=1S/C23H34N6O3S/c1-5-8-19-22-20(27(4)26-19)16-24-23(25-22)18-15-17(9-10-21(18)32-7-3)33(30,31)29-13-11-28(6-2)12-14-29/h9-10,15-16,26H,5-8,11-14H2,1-4H3,(H,24,25). The van der Waals surface area contributed by atoms with Crippen LogP contribution in [-0.4, -0.2) is 74.8 Å². The quantitative estimate of drug-likeness (QED) is 0.596. The molecule has 2 N–H and O–H groups in total. The van der Waals surface area contributed by atoms with Crippen LogP contribution in [0.1, 0.15) is 39.2 Å². The Kier molecular flexibility index (Phi) is 6.96. The molecule has 4 rings (SSSR count). The molecule has 0 amide bonds. The molecule has 1 aromatic carbocycles. The summed E-state index contributed by atoms with van der Waals surface area (Å²) < 4.78 is 34.2. The molecule has 0 spiro atoms. The molecular formula is C23H34N6O3S. The van der Waals surface area contributed by atoms with Crippen LogP contribution >= 0.6 is 0 Å². The molecule has 0 unspecified atom stereocenters. The van der Waals surface area contributed by atoms with E-state index in [4.69, 9.17) is 4.74 Å². The van der Waals surface area contributed by atoms with Gasteiger partial charge in [-0.15, -0.1) is 0 Å². The molecule has 0 aromatic heterocycles. The maximum absolute atomic E-state index is 13.4. The highest BCUT2D eigenvalue weighted by atomic mass is 32.2. The smallest absolute Gasteiger partial charge is 0.243 e. The van der Waals surface area contributed by atoms with Gasteiger partial charge in [0.05, 0.1) is 34.7 Å². The van der Waals surface area contributed by atoms with Gasteiger partial charge in [-0.1, -0.05) is 20.3 Å². The molecular weight excluding hydrogens is 440 g/mol. The Morgan fingerprint density at radius 2 is 1.88 bits per heavy atom. The second-order valence-electron chi connectivity index (χ2n) is 8.32. The summed E-state index contributed by atoms with van der Waals surface area (Å²) in [6.45, 7) is 10.0. The van der Waals surface area contributed by atoms with Gasteiger partial charge in [-0.3, -0.25) is 5.01 Å². The first-order valence-electron chi connectivity index (χ1n) is 11.7. The SMILES string of the molecule is CCCC1=C2NC(c3cc(S(=O)(=O)N4CCN(CC)CC4)ccc3OCC)=NC=C2N(C)N1. The molecule has 3 aliphatic heterocycles. The van der Waals surface area contributed by atoms with E-state index in [1.807, 2.05) is 19.0 Å². The molecule has 0 aliphatic carbocycles. The van der Waals surface area contributed by atoms with Crippen molar-refractivity contribution in [1.82, 2.24) is 25.0 Å². The number of fused-ring (bicyclic) bond motifs is 1. The zero-order valence-corrected chi connectivity index (χ0v) is 20.7. The minimum Gasteiger partial charge on any atom is -0.493 e. The third-order valence-corrected chi connectivity index (χ3v) is 8.10. The number of benzene rings is 1. The predicted molar refractivity (Wildman–Crippen MR) is 129 cm³/mol. The van der Waals surface area contributed by atoms with E-state index >= 15 is 0 Å². The zero-order valence-electron chi connectivity index (χ0n) is 19.9. The first-order valence-corrected chi connectivity index (χ1v) is 13.1. The van der Waals surface area contributed by atoms with Crippen LogP contribution in [0.5, 0.6) is 5.75 Å². The molecule has 0 radical (unpaired) electrons. The topological polar surface area (TPSA) is 89.5 Å². The lowest BCUT2D eigenvalue weighted by atomic mass is 10.1. The fraction of sp³-hybridized carbons (Fsp3) is 0.522. The van der Waals surface area contributed by atoms with Gasteiger partial charge in [-0.05, 0) is 38.1 Å². The molecule has 9 nitrogen and oxygen atoms in total. The Balaban J connectivity index is 1.69. The fourth-order valence-electron chi connectivity index (χ4n) is 4.35. The average molecular weight is 475 g/mol. The largest absolute Gasteiger partial charge is 0.493 e. The summed E-state index contributed by atoms with van der Waals surface area (Å²) in [5, 5.41) is 5.37. The van der Waals surface area contributed by atoms with Crippen molar-refractivity contribution in [2.45, 2.75) is 38.5 Å². The van der Waals surface area contributed by atoms with Crippen LogP contribution in [0, 0.1) is 0 Å². The molecule has 3 aliphatic rings. The van der Waals surface area contributed by atoms with E-state index in [1.165, 1.54) is 0 Å². The van der Waals surface area contributed by atoms with Crippen LogP contribution in [0.2, 0.25) is 0 Å². The van der Waals surface area contributed by atoms with Crippen molar-refractivity contribution in [2.75, 3.05) is 46.4 Å². The minimum absolute atomic E-state index is 0.259. The number of piperazine rings is 1. The number of hydrogen-bond acceptors (Lipinski definition) is 8. The van der Waals surface area contributed by atoms with Crippen LogP contribution in [-0.2, 0) is 10.0 Å². The second-order valence-corrected chi connectivity index (χ2v) is 10.3. The Morgan fingerprint density at radius 3 is 2.55 bits per heavy atom. The van der Waals surface area contributed by atoms with Gasteiger partial charge in [0.25, 0.3) is 0 Å². The van der Waals surface area contributed by atoms with Gasteiger partial charge in [0.15, 0.2) is 0 Å². The predicted octanol–water partition coefficient (Wildman–Crippen LogP) is 2.06. The van der Waals surface area contributed by atoms with Crippen LogP contribution in [0.4, 0.5) is 0 Å². The van der Waals surface area contributed by atoms with Crippen LogP contribution in [0.25, 0.3) is 0 Å². The Morgan fingerprint density at radius 1 is 1.12 bits per heavy atom. The summed E-state index contributed by atoms with van der Waals surface area (Å²) >= 11 is 0. The molecule has 10 heteroatoms. The van der Waals surface area contributed by atoms with Crippen molar-refractivity contribution in [3.8, 4) is 5.75 Å². The summed E-state index contributed by atoms with van der Waals surface area (Å²) in [4.78, 5) is 7.14. The van der Waals surface area contributed by atoms with Crippen LogP contribution in [0.15, 0.2) is 51.4 Å². The number of ether oxygens (including phenoxy) is 1. The van der Waals surface area contributed by atoms with E-state index in [-0.39, 0.29) is 4.90 Å². The van der Waals surface area contributed by atoms with Crippen LogP contribution in [0.3, 0.4) is 0 Å². The third-order valence-electron chi connectivity index (χ3n) is 6.20. The van der Waals surface area contributed by atoms with Gasteiger partial charge in [0, 0.05) is 33.2 Å². The molecule has 1 fully saturated rings. The number of hydrogen-bond donors (Lipinski definition) is 2. The lowest BCUT2D eigenvalue weighted by molar-refractivity contribution is 0.196. The third kappa shape index (κ3) is 4.60. The highest BCUT2D eigenvalue weighted by Crippen LogP contribution is 2.30. The fourth-order valence-corrected chi connectivity index (χ4v) is 5.80. The molecule has 180 valence electrons. The lowest BCUT2D eigenvalue weighted by Crippen LogP contribution is -2.48. The van der Waals surface area contributed by atoms with Gasteiger partial charge < -0.3 is 20.4 Å². The number of nitrogens with one attached hydrogen (secondary N) is 2. The van der Waals surface area contributed by atoms with Crippen LogP contribution < -0.4 is 15.5 Å². The molecule has 0 saturated carbocycles. The number of allylic oxidation sites excluding steroid dienone is 1. The van der Waals surface area contributed by atoms with Gasteiger partial charge in [-0.25, -0.2) is 13.4 Å². The van der Waals surface area contributed by atoms with E-state index in [1.54, 1.807) is 28.7 Å². The number of rotatable bonds is 8. The van der Waals surface area contributed by atoms with Crippen molar-refractivity contribution in [2.24, 2.45) is 4.99 Å². The number of hydrazine groups is 1. The Labute approximate surface area is 196 Å². The van der Waals surface area contributed by atoms with E-state index in [0.29, 0.717) is 36.8 Å². The number of sulfonamides is 1. The molecule has 3 heterocycles. The molecule has 1 aromatic rings. The minimum atomic E-state index is -3.61. The summed E-state index contributed by atoms with van der Waals surface area (Å²) in [6, 6.07) is 5.05. The van der Waals surface area contributed by atoms with Crippen molar-refractivity contribution in [3.05, 3.63) is 47.1 Å². The number of aliphatic imine (C=N–C) groups is 1. The Hall–Kier alpha value is -2.56. The number of amidine groups is 1.